The molecule has 2 heterocycles. The fourth-order valence-electron chi connectivity index (χ4n) is 3.57. The van der Waals surface area contributed by atoms with Crippen molar-refractivity contribution in [1.29, 1.82) is 0 Å². The third kappa shape index (κ3) is 2.67. The van der Waals surface area contributed by atoms with Gasteiger partial charge in [-0.2, -0.15) is 0 Å². The summed E-state index contributed by atoms with van der Waals surface area (Å²) in [5, 5.41) is 3.46. The van der Waals surface area contributed by atoms with Crippen LogP contribution in [-0.4, -0.2) is 49.3 Å². The highest BCUT2D eigenvalue weighted by Crippen LogP contribution is 2.29. The highest BCUT2D eigenvalue weighted by molar-refractivity contribution is 4.92. The highest BCUT2D eigenvalue weighted by Gasteiger charge is 2.37. The Morgan fingerprint density at radius 2 is 2.06 bits per heavy atom. The average molecular weight is 240 g/mol. The van der Waals surface area contributed by atoms with Crippen LogP contribution in [0.25, 0.3) is 0 Å². The normalized spacial score (nSPS) is 41.6. The minimum absolute atomic E-state index is 0.468. The van der Waals surface area contributed by atoms with Gasteiger partial charge in [0, 0.05) is 31.3 Å². The van der Waals surface area contributed by atoms with E-state index in [1.54, 1.807) is 0 Å². The van der Waals surface area contributed by atoms with E-state index in [4.69, 9.17) is 4.74 Å². The number of nitrogens with one attached hydrogen (secondary N) is 1. The Balaban J connectivity index is 1.96. The standard InChI is InChI=1S/C14H28N2O/c1-10-11(2)16(8-7-13(10)15-4)12(3)14-6-5-9-17-14/h10-15H,5-9H2,1-4H3. The zero-order valence-corrected chi connectivity index (χ0v) is 11.8. The third-order valence-electron chi connectivity index (χ3n) is 5.01. The van der Waals surface area contributed by atoms with Gasteiger partial charge in [0.1, 0.15) is 0 Å². The molecule has 17 heavy (non-hydrogen) atoms. The molecular weight excluding hydrogens is 212 g/mol. The van der Waals surface area contributed by atoms with Gasteiger partial charge in [-0.25, -0.2) is 0 Å². The van der Waals surface area contributed by atoms with Crippen LogP contribution >= 0.6 is 0 Å². The number of hydrogen-bond donors (Lipinski definition) is 1. The van der Waals surface area contributed by atoms with E-state index >= 15 is 0 Å². The summed E-state index contributed by atoms with van der Waals surface area (Å²) in [5.41, 5.74) is 0. The Morgan fingerprint density at radius 3 is 2.65 bits per heavy atom. The van der Waals surface area contributed by atoms with Gasteiger partial charge < -0.3 is 10.1 Å². The molecule has 3 heteroatoms. The molecule has 2 fully saturated rings. The van der Waals surface area contributed by atoms with Crippen LogP contribution in [0.15, 0.2) is 0 Å². The van der Waals surface area contributed by atoms with Crippen LogP contribution in [0.5, 0.6) is 0 Å². The summed E-state index contributed by atoms with van der Waals surface area (Å²) >= 11 is 0. The van der Waals surface area contributed by atoms with Gasteiger partial charge in [-0.05, 0) is 46.1 Å². The first kappa shape index (κ1) is 13.3. The first-order chi connectivity index (χ1) is 8.15. The van der Waals surface area contributed by atoms with Crippen LogP contribution in [0.3, 0.4) is 0 Å². The van der Waals surface area contributed by atoms with Gasteiger partial charge in [-0.15, -0.1) is 0 Å². The average Bonchev–Trinajstić information content (AvgIpc) is 2.85. The predicted molar refractivity (Wildman–Crippen MR) is 71.2 cm³/mol. The lowest BCUT2D eigenvalue weighted by Crippen LogP contribution is -2.57. The van der Waals surface area contributed by atoms with Crippen molar-refractivity contribution in [3.8, 4) is 0 Å². The summed E-state index contributed by atoms with van der Waals surface area (Å²) in [7, 11) is 2.09. The smallest absolute Gasteiger partial charge is 0.0728 e. The molecule has 2 saturated heterocycles. The molecule has 3 nitrogen and oxygen atoms in total. The topological polar surface area (TPSA) is 24.5 Å². The lowest BCUT2D eigenvalue weighted by Gasteiger charge is -2.46. The molecule has 2 aliphatic heterocycles. The molecule has 1 N–H and O–H groups in total. The Kier molecular flexibility index (Phi) is 4.45. The van der Waals surface area contributed by atoms with Crippen molar-refractivity contribution >= 4 is 0 Å². The van der Waals surface area contributed by atoms with Crippen LogP contribution in [0.4, 0.5) is 0 Å². The predicted octanol–water partition coefficient (Wildman–Crippen LogP) is 1.87. The maximum atomic E-state index is 5.85. The molecule has 0 amide bonds. The summed E-state index contributed by atoms with van der Waals surface area (Å²) in [5.74, 6) is 0.720. The molecule has 0 aromatic rings. The molecule has 0 radical (unpaired) electrons. The molecule has 0 aliphatic carbocycles. The first-order valence-corrected chi connectivity index (χ1v) is 7.19. The van der Waals surface area contributed by atoms with Crippen molar-refractivity contribution in [3.05, 3.63) is 0 Å². The summed E-state index contributed by atoms with van der Waals surface area (Å²) in [6.07, 6.45) is 4.22. The number of nitrogens with zero attached hydrogens (tertiary/aromatic N) is 1. The highest BCUT2D eigenvalue weighted by atomic mass is 16.5. The second-order valence-electron chi connectivity index (χ2n) is 5.81. The summed E-state index contributed by atoms with van der Waals surface area (Å²) in [4.78, 5) is 2.66. The molecule has 0 saturated carbocycles. The van der Waals surface area contributed by atoms with Gasteiger partial charge in [-0.3, -0.25) is 4.90 Å². The van der Waals surface area contributed by atoms with E-state index in [9.17, 15) is 0 Å². The minimum atomic E-state index is 0.468. The lowest BCUT2D eigenvalue weighted by molar-refractivity contribution is -0.0174. The molecule has 0 bridgehead atoms. The van der Waals surface area contributed by atoms with Crippen LogP contribution in [0.1, 0.15) is 40.0 Å². The first-order valence-electron chi connectivity index (χ1n) is 7.19. The quantitative estimate of drug-likeness (QED) is 0.815. The fourth-order valence-corrected chi connectivity index (χ4v) is 3.57. The number of piperidine rings is 1. The van der Waals surface area contributed by atoms with E-state index in [1.165, 1.54) is 25.8 Å². The Morgan fingerprint density at radius 1 is 1.29 bits per heavy atom. The van der Waals surface area contributed by atoms with E-state index in [-0.39, 0.29) is 0 Å². The number of rotatable bonds is 3. The van der Waals surface area contributed by atoms with E-state index in [1.807, 2.05) is 0 Å². The molecule has 2 rings (SSSR count). The van der Waals surface area contributed by atoms with Crippen LogP contribution in [-0.2, 0) is 4.74 Å². The van der Waals surface area contributed by atoms with Crippen molar-refractivity contribution in [2.24, 2.45) is 5.92 Å². The van der Waals surface area contributed by atoms with Crippen LogP contribution in [0.2, 0.25) is 0 Å². The molecular formula is C14H28N2O. The van der Waals surface area contributed by atoms with Gasteiger partial charge in [0.25, 0.3) is 0 Å². The second-order valence-corrected chi connectivity index (χ2v) is 5.81. The van der Waals surface area contributed by atoms with Crippen molar-refractivity contribution in [2.45, 2.75) is 64.3 Å². The molecule has 5 atom stereocenters. The van der Waals surface area contributed by atoms with Gasteiger partial charge in [0.2, 0.25) is 0 Å². The Bertz CT molecular complexity index is 240. The largest absolute Gasteiger partial charge is 0.377 e. The van der Waals surface area contributed by atoms with Gasteiger partial charge in [0.05, 0.1) is 6.10 Å². The maximum Gasteiger partial charge on any atom is 0.0728 e. The summed E-state index contributed by atoms with van der Waals surface area (Å²) in [6, 6.07) is 1.91. The van der Waals surface area contributed by atoms with Gasteiger partial charge >= 0.3 is 0 Å². The molecule has 2 aliphatic rings. The summed E-state index contributed by atoms with van der Waals surface area (Å²) < 4.78 is 5.85. The molecule has 0 aromatic carbocycles. The number of ether oxygens (including phenoxy) is 1. The monoisotopic (exact) mass is 240 g/mol. The third-order valence-corrected chi connectivity index (χ3v) is 5.01. The van der Waals surface area contributed by atoms with Crippen molar-refractivity contribution in [1.82, 2.24) is 10.2 Å². The second kappa shape index (κ2) is 5.68. The van der Waals surface area contributed by atoms with Crippen molar-refractivity contribution in [3.63, 3.8) is 0 Å². The zero-order valence-electron chi connectivity index (χ0n) is 11.8. The van der Waals surface area contributed by atoms with Crippen LogP contribution < -0.4 is 5.32 Å². The summed E-state index contributed by atoms with van der Waals surface area (Å²) in [6.45, 7) is 9.27. The van der Waals surface area contributed by atoms with E-state index < -0.39 is 0 Å². The molecule has 100 valence electrons. The molecule has 0 aromatic heterocycles. The van der Waals surface area contributed by atoms with Crippen molar-refractivity contribution < 1.29 is 4.74 Å². The van der Waals surface area contributed by atoms with E-state index in [2.05, 4.69) is 38.0 Å². The Hall–Kier alpha value is -0.120. The molecule has 5 unspecified atom stereocenters. The van der Waals surface area contributed by atoms with Crippen LogP contribution in [0, 0.1) is 5.92 Å². The number of hydrogen-bond acceptors (Lipinski definition) is 3. The lowest BCUT2D eigenvalue weighted by atomic mass is 9.85. The maximum absolute atomic E-state index is 5.85. The van der Waals surface area contributed by atoms with E-state index in [0.29, 0.717) is 24.2 Å². The fraction of sp³-hybridized carbons (Fsp3) is 1.00. The van der Waals surface area contributed by atoms with Crippen molar-refractivity contribution in [2.75, 3.05) is 20.2 Å². The van der Waals surface area contributed by atoms with Gasteiger partial charge in [-0.1, -0.05) is 6.92 Å². The van der Waals surface area contributed by atoms with E-state index in [0.717, 1.165) is 12.5 Å². The SMILES string of the molecule is CNC1CCN(C(C)C2CCCO2)C(C)C1C. The zero-order chi connectivity index (χ0) is 12.4. The Labute approximate surface area is 106 Å². The number of likely N-dealkylation sites (tertiary alicyclic amines) is 1. The molecule has 0 spiro atoms. The minimum Gasteiger partial charge on any atom is -0.377 e. The van der Waals surface area contributed by atoms with Gasteiger partial charge in [0.15, 0.2) is 0 Å².